The lowest BCUT2D eigenvalue weighted by Crippen LogP contribution is -2.06. The van der Waals surface area contributed by atoms with E-state index < -0.39 is 0 Å². The molecule has 0 heterocycles. The van der Waals surface area contributed by atoms with Crippen molar-refractivity contribution in [2.45, 2.75) is 18.7 Å². The first-order valence-electron chi connectivity index (χ1n) is 3.94. The molecule has 12 heavy (non-hydrogen) atoms. The molecule has 0 bridgehead atoms. The van der Waals surface area contributed by atoms with Gasteiger partial charge in [-0.2, -0.15) is 0 Å². The maximum atomic E-state index is 11.5. The van der Waals surface area contributed by atoms with Gasteiger partial charge in [-0.05, 0) is 12.1 Å². The lowest BCUT2D eigenvalue weighted by Gasteiger charge is -2.03. The molecular weight excluding hydrogens is 168 g/mol. The minimum absolute atomic E-state index is 0.0557. The number of Topliss-reactive ketones (excluding diaryl/α,β-unsaturated/α-hetero) is 1. The summed E-state index contributed by atoms with van der Waals surface area (Å²) in [6.07, 6.45) is 0. The van der Waals surface area contributed by atoms with Gasteiger partial charge in [-0.15, -0.1) is 12.6 Å². The summed E-state index contributed by atoms with van der Waals surface area (Å²) in [6.45, 7) is 3.79. The molecule has 0 aromatic heterocycles. The van der Waals surface area contributed by atoms with E-state index in [-0.39, 0.29) is 11.7 Å². The van der Waals surface area contributed by atoms with Crippen molar-refractivity contribution in [1.29, 1.82) is 0 Å². The van der Waals surface area contributed by atoms with Crippen molar-refractivity contribution in [3.63, 3.8) is 0 Å². The van der Waals surface area contributed by atoms with Gasteiger partial charge in [0.05, 0.1) is 0 Å². The molecule has 0 aliphatic carbocycles. The van der Waals surface area contributed by atoms with Crippen LogP contribution in [0, 0.1) is 5.92 Å². The molecule has 64 valence electrons. The van der Waals surface area contributed by atoms with Crippen LogP contribution in [0.1, 0.15) is 24.2 Å². The zero-order valence-electron chi connectivity index (χ0n) is 7.24. The zero-order chi connectivity index (χ0) is 9.14. The van der Waals surface area contributed by atoms with Gasteiger partial charge in [-0.1, -0.05) is 26.0 Å². The van der Waals surface area contributed by atoms with Gasteiger partial charge in [-0.3, -0.25) is 4.79 Å². The van der Waals surface area contributed by atoms with E-state index in [1.54, 1.807) is 6.07 Å². The molecule has 0 spiro atoms. The van der Waals surface area contributed by atoms with Gasteiger partial charge in [0.15, 0.2) is 5.78 Å². The molecule has 0 saturated heterocycles. The highest BCUT2D eigenvalue weighted by atomic mass is 32.1. The third-order valence-corrected chi connectivity index (χ3v) is 1.93. The number of rotatable bonds is 2. The topological polar surface area (TPSA) is 17.1 Å². The van der Waals surface area contributed by atoms with E-state index >= 15 is 0 Å². The monoisotopic (exact) mass is 180 g/mol. The average Bonchev–Trinajstić information content (AvgIpc) is 2.03. The van der Waals surface area contributed by atoms with E-state index in [0.29, 0.717) is 0 Å². The van der Waals surface area contributed by atoms with Gasteiger partial charge in [-0.25, -0.2) is 0 Å². The summed E-state index contributed by atoms with van der Waals surface area (Å²) in [5.74, 6) is 0.228. The average molecular weight is 180 g/mol. The summed E-state index contributed by atoms with van der Waals surface area (Å²) in [5.41, 5.74) is 0.748. The molecule has 2 heteroatoms. The molecule has 1 aromatic carbocycles. The van der Waals surface area contributed by atoms with Crippen LogP contribution in [0.15, 0.2) is 29.2 Å². The predicted octanol–water partition coefficient (Wildman–Crippen LogP) is 2.81. The zero-order valence-corrected chi connectivity index (χ0v) is 8.14. The Bertz CT molecular complexity index is 292. The third-order valence-electron chi connectivity index (χ3n) is 1.66. The van der Waals surface area contributed by atoms with Gasteiger partial charge in [0.2, 0.25) is 0 Å². The van der Waals surface area contributed by atoms with Gasteiger partial charge in [0.1, 0.15) is 0 Å². The molecule has 1 nitrogen and oxygen atoms in total. The standard InChI is InChI=1S/C10H12OS/c1-7(2)10(11)8-4-3-5-9(12)6-8/h3-7,12H,1-2H3. The van der Waals surface area contributed by atoms with Gasteiger partial charge < -0.3 is 0 Å². The molecule has 0 saturated carbocycles. The summed E-state index contributed by atoms with van der Waals surface area (Å²) in [4.78, 5) is 12.3. The second-order valence-corrected chi connectivity index (χ2v) is 3.59. The fourth-order valence-corrected chi connectivity index (χ4v) is 1.22. The maximum absolute atomic E-state index is 11.5. The van der Waals surface area contributed by atoms with Crippen LogP contribution in [0.3, 0.4) is 0 Å². The van der Waals surface area contributed by atoms with Crippen LogP contribution in [-0.2, 0) is 0 Å². The van der Waals surface area contributed by atoms with E-state index in [2.05, 4.69) is 12.6 Å². The fourth-order valence-electron chi connectivity index (χ4n) is 0.993. The molecule has 0 atom stereocenters. The first-order valence-corrected chi connectivity index (χ1v) is 4.39. The summed E-state index contributed by atoms with van der Waals surface area (Å²) in [6, 6.07) is 7.33. The van der Waals surface area contributed by atoms with Gasteiger partial charge in [0, 0.05) is 16.4 Å². The van der Waals surface area contributed by atoms with Crippen molar-refractivity contribution in [3.05, 3.63) is 29.8 Å². The molecular formula is C10H12OS. The van der Waals surface area contributed by atoms with Crippen molar-refractivity contribution in [1.82, 2.24) is 0 Å². The fraction of sp³-hybridized carbons (Fsp3) is 0.300. The van der Waals surface area contributed by atoms with E-state index in [0.717, 1.165) is 10.5 Å². The number of thiol groups is 1. The Labute approximate surface area is 78.2 Å². The number of hydrogen-bond donors (Lipinski definition) is 1. The highest BCUT2D eigenvalue weighted by Gasteiger charge is 2.09. The molecule has 0 N–H and O–H groups in total. The lowest BCUT2D eigenvalue weighted by atomic mass is 10.0. The molecule has 0 amide bonds. The first-order chi connectivity index (χ1) is 5.61. The Morgan fingerprint density at radius 3 is 2.58 bits per heavy atom. The Morgan fingerprint density at radius 1 is 1.42 bits per heavy atom. The van der Waals surface area contributed by atoms with Crippen LogP contribution in [0.2, 0.25) is 0 Å². The summed E-state index contributed by atoms with van der Waals surface area (Å²) < 4.78 is 0. The SMILES string of the molecule is CC(C)C(=O)c1cccc(S)c1. The van der Waals surface area contributed by atoms with Crippen molar-refractivity contribution in [2.75, 3.05) is 0 Å². The first kappa shape index (κ1) is 9.33. The number of ketones is 1. The van der Waals surface area contributed by atoms with Gasteiger partial charge >= 0.3 is 0 Å². The van der Waals surface area contributed by atoms with Crippen LogP contribution in [0.4, 0.5) is 0 Å². The number of carbonyl (C=O) groups is 1. The molecule has 0 aliphatic rings. The molecule has 0 fully saturated rings. The maximum Gasteiger partial charge on any atom is 0.165 e. The normalized spacial score (nSPS) is 10.3. The van der Waals surface area contributed by atoms with E-state index in [4.69, 9.17) is 0 Å². The predicted molar refractivity (Wildman–Crippen MR) is 52.9 cm³/mol. The van der Waals surface area contributed by atoms with Crippen molar-refractivity contribution in [3.8, 4) is 0 Å². The summed E-state index contributed by atoms with van der Waals surface area (Å²) in [5, 5.41) is 0. The van der Waals surface area contributed by atoms with E-state index in [1.807, 2.05) is 32.0 Å². The molecule has 1 aromatic rings. The van der Waals surface area contributed by atoms with Crippen LogP contribution in [0.25, 0.3) is 0 Å². The largest absolute Gasteiger partial charge is 0.294 e. The number of carbonyl (C=O) groups excluding carboxylic acids is 1. The number of benzene rings is 1. The highest BCUT2D eigenvalue weighted by Crippen LogP contribution is 2.12. The van der Waals surface area contributed by atoms with Crippen LogP contribution in [-0.4, -0.2) is 5.78 Å². The van der Waals surface area contributed by atoms with Crippen LogP contribution >= 0.6 is 12.6 Å². The quantitative estimate of drug-likeness (QED) is 0.547. The minimum atomic E-state index is 0.0557. The molecule has 0 aliphatic heterocycles. The van der Waals surface area contributed by atoms with Crippen molar-refractivity contribution < 1.29 is 4.79 Å². The van der Waals surface area contributed by atoms with Crippen molar-refractivity contribution >= 4 is 18.4 Å². The molecule has 0 unspecified atom stereocenters. The van der Waals surface area contributed by atoms with Crippen molar-refractivity contribution in [2.24, 2.45) is 5.92 Å². The summed E-state index contributed by atoms with van der Waals surface area (Å²) in [7, 11) is 0. The third kappa shape index (κ3) is 2.11. The Kier molecular flexibility index (Phi) is 2.93. The molecule has 0 radical (unpaired) electrons. The Morgan fingerprint density at radius 2 is 2.08 bits per heavy atom. The second kappa shape index (κ2) is 3.76. The van der Waals surface area contributed by atoms with E-state index in [9.17, 15) is 4.79 Å². The number of hydrogen-bond acceptors (Lipinski definition) is 2. The minimum Gasteiger partial charge on any atom is -0.294 e. The Hall–Kier alpha value is -0.760. The molecule has 1 rings (SSSR count). The summed E-state index contributed by atoms with van der Waals surface area (Å²) >= 11 is 4.16. The van der Waals surface area contributed by atoms with Crippen LogP contribution in [0.5, 0.6) is 0 Å². The smallest absolute Gasteiger partial charge is 0.165 e. The highest BCUT2D eigenvalue weighted by molar-refractivity contribution is 7.80. The lowest BCUT2D eigenvalue weighted by molar-refractivity contribution is 0.0939. The van der Waals surface area contributed by atoms with Crippen LogP contribution < -0.4 is 0 Å². The van der Waals surface area contributed by atoms with Gasteiger partial charge in [0.25, 0.3) is 0 Å². The Balaban J connectivity index is 2.96. The second-order valence-electron chi connectivity index (χ2n) is 3.07. The van der Waals surface area contributed by atoms with E-state index in [1.165, 1.54) is 0 Å².